The summed E-state index contributed by atoms with van der Waals surface area (Å²) >= 11 is 0. The number of primary amides is 1. The van der Waals surface area contributed by atoms with E-state index >= 15 is 0 Å². The molecule has 1 fully saturated rings. The standard InChI is InChI=1S/C14H20FN3O2/c1-18-5-3-2-4-9(18)8-20-13-6-10(14(17)19)12(16)7-11(13)15/h6-7,9H,2-5,8,16H2,1H3,(H2,17,19). The second-order valence-electron chi connectivity index (χ2n) is 5.18. The number of ether oxygens (including phenoxy) is 1. The minimum absolute atomic E-state index is 0.0203. The predicted molar refractivity (Wildman–Crippen MR) is 75.1 cm³/mol. The van der Waals surface area contributed by atoms with E-state index in [0.29, 0.717) is 6.61 Å². The van der Waals surface area contributed by atoms with Gasteiger partial charge in [-0.1, -0.05) is 6.42 Å². The Morgan fingerprint density at radius 2 is 2.25 bits per heavy atom. The third-order valence-electron chi connectivity index (χ3n) is 3.72. The first-order valence-electron chi connectivity index (χ1n) is 6.71. The molecule has 6 heteroatoms. The average molecular weight is 281 g/mol. The van der Waals surface area contributed by atoms with Crippen LogP contribution in [0.2, 0.25) is 0 Å². The van der Waals surface area contributed by atoms with Crippen molar-refractivity contribution in [2.45, 2.75) is 25.3 Å². The summed E-state index contributed by atoms with van der Waals surface area (Å²) in [4.78, 5) is 13.4. The molecular formula is C14H20FN3O2. The molecule has 5 nitrogen and oxygen atoms in total. The second-order valence-corrected chi connectivity index (χ2v) is 5.18. The van der Waals surface area contributed by atoms with Crippen LogP contribution in [0.15, 0.2) is 12.1 Å². The minimum atomic E-state index is -0.692. The molecule has 0 spiro atoms. The van der Waals surface area contributed by atoms with Crippen molar-refractivity contribution in [3.05, 3.63) is 23.5 Å². The van der Waals surface area contributed by atoms with E-state index in [0.717, 1.165) is 25.5 Å². The van der Waals surface area contributed by atoms with E-state index in [9.17, 15) is 9.18 Å². The molecule has 1 atom stereocenters. The van der Waals surface area contributed by atoms with Gasteiger partial charge in [0, 0.05) is 17.8 Å². The number of rotatable bonds is 4. The molecule has 1 saturated heterocycles. The lowest BCUT2D eigenvalue weighted by Gasteiger charge is -2.32. The Labute approximate surface area is 117 Å². The minimum Gasteiger partial charge on any atom is -0.489 e. The number of hydrogen-bond donors (Lipinski definition) is 2. The summed E-state index contributed by atoms with van der Waals surface area (Å²) in [5.41, 5.74) is 10.8. The molecule has 1 aromatic carbocycles. The summed E-state index contributed by atoms with van der Waals surface area (Å²) in [6.07, 6.45) is 3.35. The smallest absolute Gasteiger partial charge is 0.250 e. The second kappa shape index (κ2) is 6.09. The summed E-state index contributed by atoms with van der Waals surface area (Å²) in [6.45, 7) is 1.40. The van der Waals surface area contributed by atoms with E-state index in [1.807, 2.05) is 7.05 Å². The maximum Gasteiger partial charge on any atom is 0.250 e. The number of amides is 1. The summed E-state index contributed by atoms with van der Waals surface area (Å²) in [5.74, 6) is -1.25. The van der Waals surface area contributed by atoms with Crippen LogP contribution in [0.25, 0.3) is 0 Å². The average Bonchev–Trinajstić information content (AvgIpc) is 2.39. The lowest BCUT2D eigenvalue weighted by atomic mass is 10.0. The molecule has 0 radical (unpaired) electrons. The van der Waals surface area contributed by atoms with Crippen molar-refractivity contribution in [3.63, 3.8) is 0 Å². The van der Waals surface area contributed by atoms with Crippen molar-refractivity contribution in [1.29, 1.82) is 0 Å². The fourth-order valence-corrected chi connectivity index (χ4v) is 2.43. The number of likely N-dealkylation sites (tertiary alicyclic amines) is 1. The highest BCUT2D eigenvalue weighted by Crippen LogP contribution is 2.25. The van der Waals surface area contributed by atoms with Crippen molar-refractivity contribution < 1.29 is 13.9 Å². The molecule has 0 bridgehead atoms. The van der Waals surface area contributed by atoms with E-state index in [1.165, 1.54) is 12.5 Å². The Kier molecular flexibility index (Phi) is 4.44. The van der Waals surface area contributed by atoms with Crippen LogP contribution in [0.3, 0.4) is 0 Å². The van der Waals surface area contributed by atoms with E-state index in [1.54, 1.807) is 0 Å². The van der Waals surface area contributed by atoms with E-state index < -0.39 is 11.7 Å². The van der Waals surface area contributed by atoms with E-state index in [2.05, 4.69) is 4.90 Å². The van der Waals surface area contributed by atoms with E-state index in [-0.39, 0.29) is 23.0 Å². The number of halogens is 1. The van der Waals surface area contributed by atoms with Crippen molar-refractivity contribution in [2.75, 3.05) is 25.9 Å². The molecule has 20 heavy (non-hydrogen) atoms. The monoisotopic (exact) mass is 281 g/mol. The Hall–Kier alpha value is -1.82. The number of piperidine rings is 1. The SMILES string of the molecule is CN1CCCCC1COc1cc(C(N)=O)c(N)cc1F. The van der Waals surface area contributed by atoms with Gasteiger partial charge in [-0.05, 0) is 32.5 Å². The predicted octanol–water partition coefficient (Wildman–Crippen LogP) is 1.37. The molecule has 1 aliphatic heterocycles. The first-order valence-corrected chi connectivity index (χ1v) is 6.71. The number of carbonyl (C=O) groups is 1. The highest BCUT2D eigenvalue weighted by atomic mass is 19.1. The molecular weight excluding hydrogens is 261 g/mol. The van der Waals surface area contributed by atoms with Gasteiger partial charge >= 0.3 is 0 Å². The molecule has 0 saturated carbocycles. The van der Waals surface area contributed by atoms with Crippen LogP contribution in [-0.2, 0) is 0 Å². The van der Waals surface area contributed by atoms with Crippen LogP contribution in [-0.4, -0.2) is 37.0 Å². The quantitative estimate of drug-likeness (QED) is 0.817. The Balaban J connectivity index is 2.09. The number of nitrogens with two attached hydrogens (primary N) is 2. The molecule has 2 rings (SSSR count). The zero-order valence-corrected chi connectivity index (χ0v) is 11.6. The Morgan fingerprint density at radius 3 is 2.90 bits per heavy atom. The van der Waals surface area contributed by atoms with Gasteiger partial charge in [0.1, 0.15) is 6.61 Å². The van der Waals surface area contributed by atoms with Gasteiger partial charge in [0.2, 0.25) is 0 Å². The van der Waals surface area contributed by atoms with Gasteiger partial charge in [0.05, 0.1) is 5.56 Å². The lowest BCUT2D eigenvalue weighted by Crippen LogP contribution is -2.40. The van der Waals surface area contributed by atoms with Crippen molar-refractivity contribution >= 4 is 11.6 Å². The third-order valence-corrected chi connectivity index (χ3v) is 3.72. The van der Waals surface area contributed by atoms with Crippen molar-refractivity contribution in [2.24, 2.45) is 5.73 Å². The molecule has 0 aliphatic carbocycles. The van der Waals surface area contributed by atoms with Crippen LogP contribution in [0.1, 0.15) is 29.6 Å². The highest BCUT2D eigenvalue weighted by Gasteiger charge is 2.20. The molecule has 4 N–H and O–H groups in total. The fourth-order valence-electron chi connectivity index (χ4n) is 2.43. The van der Waals surface area contributed by atoms with Gasteiger partial charge in [-0.15, -0.1) is 0 Å². The number of benzene rings is 1. The first kappa shape index (κ1) is 14.6. The largest absolute Gasteiger partial charge is 0.489 e. The van der Waals surface area contributed by atoms with Crippen LogP contribution in [0.4, 0.5) is 10.1 Å². The Bertz CT molecular complexity index is 507. The van der Waals surface area contributed by atoms with Gasteiger partial charge in [-0.2, -0.15) is 0 Å². The van der Waals surface area contributed by atoms with Crippen LogP contribution < -0.4 is 16.2 Å². The summed E-state index contributed by atoms with van der Waals surface area (Å²) < 4.78 is 19.3. The van der Waals surface area contributed by atoms with Gasteiger partial charge in [-0.25, -0.2) is 4.39 Å². The number of hydrogen-bond acceptors (Lipinski definition) is 4. The summed E-state index contributed by atoms with van der Waals surface area (Å²) in [6, 6.07) is 2.60. The number of carbonyl (C=O) groups excluding carboxylic acids is 1. The van der Waals surface area contributed by atoms with Crippen LogP contribution in [0, 0.1) is 5.82 Å². The zero-order chi connectivity index (χ0) is 14.7. The molecule has 1 aromatic rings. The molecule has 0 aromatic heterocycles. The maximum absolute atomic E-state index is 13.8. The van der Waals surface area contributed by atoms with Gasteiger partial charge in [-0.3, -0.25) is 4.79 Å². The molecule has 1 unspecified atom stereocenters. The normalized spacial score (nSPS) is 19.8. The molecule has 110 valence electrons. The number of anilines is 1. The number of nitrogen functional groups attached to an aromatic ring is 1. The summed E-state index contributed by atoms with van der Waals surface area (Å²) in [5, 5.41) is 0. The first-order chi connectivity index (χ1) is 9.49. The number of nitrogens with zero attached hydrogens (tertiary/aromatic N) is 1. The van der Waals surface area contributed by atoms with Crippen molar-refractivity contribution in [3.8, 4) is 5.75 Å². The van der Waals surface area contributed by atoms with Gasteiger partial charge < -0.3 is 21.1 Å². The molecule has 1 amide bonds. The maximum atomic E-state index is 13.8. The topological polar surface area (TPSA) is 81.6 Å². The van der Waals surface area contributed by atoms with E-state index in [4.69, 9.17) is 16.2 Å². The van der Waals surface area contributed by atoms with Crippen LogP contribution >= 0.6 is 0 Å². The number of likely N-dealkylation sites (N-methyl/N-ethyl adjacent to an activating group) is 1. The Morgan fingerprint density at radius 1 is 1.50 bits per heavy atom. The van der Waals surface area contributed by atoms with Crippen LogP contribution in [0.5, 0.6) is 5.75 Å². The van der Waals surface area contributed by atoms with Gasteiger partial charge in [0.25, 0.3) is 5.91 Å². The lowest BCUT2D eigenvalue weighted by molar-refractivity contribution is 0.0999. The van der Waals surface area contributed by atoms with Crippen molar-refractivity contribution in [1.82, 2.24) is 4.90 Å². The van der Waals surface area contributed by atoms with Gasteiger partial charge in [0.15, 0.2) is 11.6 Å². The third kappa shape index (κ3) is 3.19. The molecule has 1 heterocycles. The summed E-state index contributed by atoms with van der Waals surface area (Å²) in [7, 11) is 2.03. The molecule has 1 aliphatic rings. The highest BCUT2D eigenvalue weighted by molar-refractivity contribution is 5.98. The zero-order valence-electron chi connectivity index (χ0n) is 11.6. The fraction of sp³-hybridized carbons (Fsp3) is 0.500.